The van der Waals surface area contributed by atoms with Gasteiger partial charge in [0.1, 0.15) is 0 Å². The van der Waals surface area contributed by atoms with Gasteiger partial charge in [0.15, 0.2) is 11.5 Å². The maximum absolute atomic E-state index is 11.5. The molecule has 0 unspecified atom stereocenters. The highest BCUT2D eigenvalue weighted by atomic mass is 16.5. The van der Waals surface area contributed by atoms with Gasteiger partial charge in [-0.2, -0.15) is 5.10 Å². The number of rotatable bonds is 4. The second kappa shape index (κ2) is 5.47. The van der Waals surface area contributed by atoms with Crippen LogP contribution in [0.3, 0.4) is 0 Å². The first-order chi connectivity index (χ1) is 9.54. The fourth-order valence-corrected chi connectivity index (χ4v) is 1.64. The van der Waals surface area contributed by atoms with Gasteiger partial charge in [0.2, 0.25) is 0 Å². The van der Waals surface area contributed by atoms with E-state index in [9.17, 15) is 9.59 Å². The number of carboxylic acid groups (broad SMARTS) is 1. The number of ether oxygens (including phenoxy) is 1. The Morgan fingerprint density at radius 1 is 1.30 bits per heavy atom. The van der Waals surface area contributed by atoms with Gasteiger partial charge in [0.05, 0.1) is 23.9 Å². The molecule has 0 bridgehead atoms. The van der Waals surface area contributed by atoms with Gasteiger partial charge in [-0.05, 0) is 6.92 Å². The smallest absolute Gasteiger partial charge is 0.354 e. The second-order valence-corrected chi connectivity index (χ2v) is 3.85. The van der Waals surface area contributed by atoms with Gasteiger partial charge in [-0.3, -0.25) is 4.68 Å². The minimum Gasteiger partial charge on any atom is -0.477 e. The maximum atomic E-state index is 11.5. The van der Waals surface area contributed by atoms with Crippen LogP contribution in [0.4, 0.5) is 0 Å². The van der Waals surface area contributed by atoms with E-state index in [0.717, 1.165) is 0 Å². The van der Waals surface area contributed by atoms with Crippen molar-refractivity contribution in [3.05, 3.63) is 29.8 Å². The summed E-state index contributed by atoms with van der Waals surface area (Å²) >= 11 is 0. The van der Waals surface area contributed by atoms with Crippen LogP contribution in [-0.2, 0) is 11.8 Å². The molecule has 0 aliphatic carbocycles. The molecular formula is C12H12N4O4. The normalized spacial score (nSPS) is 10.3. The number of hydrogen-bond acceptors (Lipinski definition) is 6. The summed E-state index contributed by atoms with van der Waals surface area (Å²) in [7, 11) is 1.51. The van der Waals surface area contributed by atoms with E-state index in [1.54, 1.807) is 6.92 Å². The Bertz CT molecular complexity index is 648. The average molecular weight is 276 g/mol. The molecule has 0 radical (unpaired) electrons. The number of aryl methyl sites for hydroxylation is 1. The van der Waals surface area contributed by atoms with Gasteiger partial charge < -0.3 is 9.84 Å². The number of nitrogens with zero attached hydrogens (tertiary/aromatic N) is 4. The second-order valence-electron chi connectivity index (χ2n) is 3.85. The summed E-state index contributed by atoms with van der Waals surface area (Å²) in [5, 5.41) is 13.0. The Kier molecular flexibility index (Phi) is 3.74. The zero-order valence-corrected chi connectivity index (χ0v) is 10.9. The molecule has 2 aromatic heterocycles. The van der Waals surface area contributed by atoms with Gasteiger partial charge in [-0.15, -0.1) is 0 Å². The van der Waals surface area contributed by atoms with Crippen molar-refractivity contribution in [2.45, 2.75) is 6.92 Å². The first-order valence-electron chi connectivity index (χ1n) is 5.79. The first kappa shape index (κ1) is 13.7. The van der Waals surface area contributed by atoms with E-state index in [0.29, 0.717) is 0 Å². The lowest BCUT2D eigenvalue weighted by atomic mass is 10.2. The molecule has 2 heterocycles. The highest BCUT2D eigenvalue weighted by molar-refractivity contribution is 5.93. The summed E-state index contributed by atoms with van der Waals surface area (Å²) in [6, 6.07) is 0. The lowest BCUT2D eigenvalue weighted by Gasteiger charge is -2.02. The number of hydrogen-bond donors (Lipinski definition) is 1. The van der Waals surface area contributed by atoms with Crippen molar-refractivity contribution in [2.75, 3.05) is 6.61 Å². The number of aromatic carboxylic acids is 1. The molecule has 8 nitrogen and oxygen atoms in total. The molecule has 0 amide bonds. The monoisotopic (exact) mass is 276 g/mol. The molecule has 0 fully saturated rings. The van der Waals surface area contributed by atoms with Crippen LogP contribution in [0.5, 0.6) is 0 Å². The Morgan fingerprint density at radius 2 is 1.95 bits per heavy atom. The number of carboxylic acids is 1. The van der Waals surface area contributed by atoms with E-state index in [1.165, 1.54) is 30.3 Å². The Hall–Kier alpha value is -2.77. The number of esters is 1. The van der Waals surface area contributed by atoms with Crippen LogP contribution >= 0.6 is 0 Å². The van der Waals surface area contributed by atoms with Crippen LogP contribution in [0.25, 0.3) is 11.4 Å². The largest absolute Gasteiger partial charge is 0.477 e. The molecule has 0 atom stereocenters. The standard InChI is InChI=1S/C12H12N4O4/c1-3-20-12(19)7-4-13-10(14-5-7)8-6-15-16(2)9(8)11(17)18/h4-6H,3H2,1-2H3,(H,17,18). The lowest BCUT2D eigenvalue weighted by Crippen LogP contribution is -2.08. The fourth-order valence-electron chi connectivity index (χ4n) is 1.64. The topological polar surface area (TPSA) is 107 Å². The van der Waals surface area contributed by atoms with Crippen LogP contribution in [-0.4, -0.2) is 43.4 Å². The summed E-state index contributed by atoms with van der Waals surface area (Å²) < 4.78 is 6.03. The van der Waals surface area contributed by atoms with Crippen LogP contribution in [0, 0.1) is 0 Å². The molecule has 20 heavy (non-hydrogen) atoms. The summed E-state index contributed by atoms with van der Waals surface area (Å²) in [6.07, 6.45) is 3.95. The van der Waals surface area contributed by atoms with Gasteiger partial charge in [-0.25, -0.2) is 19.6 Å². The zero-order chi connectivity index (χ0) is 14.7. The minimum atomic E-state index is -1.13. The first-order valence-corrected chi connectivity index (χ1v) is 5.79. The molecule has 2 rings (SSSR count). The SMILES string of the molecule is CCOC(=O)c1cnc(-c2cnn(C)c2C(=O)O)nc1. The number of carbonyl (C=O) groups excluding carboxylic acids is 1. The van der Waals surface area contributed by atoms with E-state index in [2.05, 4.69) is 15.1 Å². The van der Waals surface area contributed by atoms with Crippen LogP contribution in [0.2, 0.25) is 0 Å². The summed E-state index contributed by atoms with van der Waals surface area (Å²) in [5.41, 5.74) is 0.473. The molecule has 8 heteroatoms. The maximum Gasteiger partial charge on any atom is 0.354 e. The van der Waals surface area contributed by atoms with Gasteiger partial charge in [0.25, 0.3) is 0 Å². The third-order valence-electron chi connectivity index (χ3n) is 2.55. The third kappa shape index (κ3) is 2.48. The molecular weight excluding hydrogens is 264 g/mol. The van der Waals surface area contributed by atoms with Crippen LogP contribution in [0.15, 0.2) is 18.6 Å². The Labute approximate surface area is 114 Å². The molecule has 0 saturated heterocycles. The average Bonchev–Trinajstić information content (AvgIpc) is 2.81. The van der Waals surface area contributed by atoms with E-state index < -0.39 is 11.9 Å². The van der Waals surface area contributed by atoms with Gasteiger partial charge >= 0.3 is 11.9 Å². The highest BCUT2D eigenvalue weighted by Crippen LogP contribution is 2.19. The molecule has 0 aliphatic heterocycles. The van der Waals surface area contributed by atoms with Crippen LogP contribution < -0.4 is 0 Å². The van der Waals surface area contributed by atoms with Crippen LogP contribution in [0.1, 0.15) is 27.8 Å². The van der Waals surface area contributed by atoms with E-state index in [-0.39, 0.29) is 29.3 Å². The minimum absolute atomic E-state index is 0.0196. The summed E-state index contributed by atoms with van der Waals surface area (Å²) in [6.45, 7) is 1.95. The van der Waals surface area contributed by atoms with Gasteiger partial charge in [0, 0.05) is 19.4 Å². The quantitative estimate of drug-likeness (QED) is 0.821. The number of carbonyl (C=O) groups is 2. The molecule has 2 aromatic rings. The summed E-state index contributed by atoms with van der Waals surface area (Å²) in [4.78, 5) is 30.6. The lowest BCUT2D eigenvalue weighted by molar-refractivity contribution is 0.0524. The van der Waals surface area contributed by atoms with Crippen molar-refractivity contribution < 1.29 is 19.4 Å². The zero-order valence-electron chi connectivity index (χ0n) is 10.9. The molecule has 104 valence electrons. The predicted octanol–water partition coefficient (Wildman–Crippen LogP) is 0.752. The molecule has 1 N–H and O–H groups in total. The van der Waals surface area contributed by atoms with Crippen molar-refractivity contribution in [3.63, 3.8) is 0 Å². The van der Waals surface area contributed by atoms with Crippen molar-refractivity contribution in [2.24, 2.45) is 7.05 Å². The van der Waals surface area contributed by atoms with E-state index in [4.69, 9.17) is 9.84 Å². The molecule has 0 aliphatic rings. The highest BCUT2D eigenvalue weighted by Gasteiger charge is 2.19. The van der Waals surface area contributed by atoms with Gasteiger partial charge in [-0.1, -0.05) is 0 Å². The van der Waals surface area contributed by atoms with E-state index >= 15 is 0 Å². The molecule has 0 aromatic carbocycles. The number of aromatic nitrogens is 4. The van der Waals surface area contributed by atoms with Crippen molar-refractivity contribution >= 4 is 11.9 Å². The Balaban J connectivity index is 2.36. The summed E-state index contributed by atoms with van der Waals surface area (Å²) in [5.74, 6) is -1.47. The third-order valence-corrected chi connectivity index (χ3v) is 2.55. The van der Waals surface area contributed by atoms with Crippen molar-refractivity contribution in [1.82, 2.24) is 19.7 Å². The predicted molar refractivity (Wildman–Crippen MR) is 67.1 cm³/mol. The Morgan fingerprint density at radius 3 is 2.50 bits per heavy atom. The molecule has 0 saturated carbocycles. The fraction of sp³-hybridized carbons (Fsp3) is 0.250. The van der Waals surface area contributed by atoms with Crippen molar-refractivity contribution in [3.8, 4) is 11.4 Å². The van der Waals surface area contributed by atoms with Crippen molar-refractivity contribution in [1.29, 1.82) is 0 Å². The molecule has 0 spiro atoms. The van der Waals surface area contributed by atoms with E-state index in [1.807, 2.05) is 0 Å².